The van der Waals surface area contributed by atoms with Crippen LogP contribution in [0.25, 0.3) is 0 Å². The quantitative estimate of drug-likeness (QED) is 0.752. The van der Waals surface area contributed by atoms with E-state index < -0.39 is 10.0 Å². The maximum absolute atomic E-state index is 12.2. The molecule has 2 saturated carbocycles. The minimum atomic E-state index is -3.16. The van der Waals surface area contributed by atoms with Gasteiger partial charge in [-0.25, -0.2) is 13.1 Å². The molecular weight excluding hydrogens is 260 g/mol. The fourth-order valence-electron chi connectivity index (χ4n) is 2.79. The summed E-state index contributed by atoms with van der Waals surface area (Å²) in [5, 5.41) is 2.95. The van der Waals surface area contributed by atoms with E-state index in [1.54, 1.807) is 6.92 Å². The number of sulfonamides is 1. The fourth-order valence-corrected chi connectivity index (χ4v) is 3.84. The molecule has 2 fully saturated rings. The minimum absolute atomic E-state index is 0.341. The Labute approximate surface area is 117 Å². The van der Waals surface area contributed by atoms with Crippen LogP contribution in [0.4, 0.5) is 0 Å². The standard InChI is InChI=1S/C14H28N2O2S/c1-11-5-3-4-6-13(11)10-16-19(17,18)12(2)9-15-14-7-8-14/h11-16H,3-10H2,1-2H3. The lowest BCUT2D eigenvalue weighted by atomic mass is 9.81. The molecule has 0 heterocycles. The third-order valence-corrected chi connectivity index (χ3v) is 6.43. The van der Waals surface area contributed by atoms with Crippen LogP contribution in [-0.4, -0.2) is 32.8 Å². The third-order valence-electron chi connectivity index (χ3n) is 4.64. The van der Waals surface area contributed by atoms with Crippen molar-refractivity contribution in [3.05, 3.63) is 0 Å². The Kier molecular flexibility index (Phi) is 5.26. The van der Waals surface area contributed by atoms with Crippen molar-refractivity contribution in [2.45, 2.75) is 63.7 Å². The molecule has 2 aliphatic carbocycles. The van der Waals surface area contributed by atoms with Gasteiger partial charge < -0.3 is 5.32 Å². The maximum Gasteiger partial charge on any atom is 0.215 e. The first-order chi connectivity index (χ1) is 8.99. The summed E-state index contributed by atoms with van der Waals surface area (Å²) in [5.74, 6) is 1.17. The molecule has 4 nitrogen and oxygen atoms in total. The molecule has 0 radical (unpaired) electrons. The summed E-state index contributed by atoms with van der Waals surface area (Å²) in [6.45, 7) is 5.23. The molecule has 2 N–H and O–H groups in total. The summed E-state index contributed by atoms with van der Waals surface area (Å²) in [4.78, 5) is 0. The molecule has 0 aromatic rings. The van der Waals surface area contributed by atoms with Gasteiger partial charge in [-0.15, -0.1) is 0 Å². The minimum Gasteiger partial charge on any atom is -0.313 e. The van der Waals surface area contributed by atoms with Crippen molar-refractivity contribution in [1.29, 1.82) is 0 Å². The highest BCUT2D eigenvalue weighted by atomic mass is 32.2. The topological polar surface area (TPSA) is 58.2 Å². The first kappa shape index (κ1) is 15.3. The van der Waals surface area contributed by atoms with Gasteiger partial charge in [0.15, 0.2) is 0 Å². The highest BCUT2D eigenvalue weighted by Gasteiger charge is 2.27. The molecule has 2 rings (SSSR count). The molecule has 19 heavy (non-hydrogen) atoms. The molecule has 0 bridgehead atoms. The van der Waals surface area contributed by atoms with Gasteiger partial charge in [0.1, 0.15) is 0 Å². The van der Waals surface area contributed by atoms with Crippen LogP contribution < -0.4 is 10.0 Å². The summed E-state index contributed by atoms with van der Waals surface area (Å²) in [6, 6.07) is 0.566. The second-order valence-electron chi connectivity index (χ2n) is 6.41. The van der Waals surface area contributed by atoms with Crippen molar-refractivity contribution < 1.29 is 8.42 Å². The zero-order valence-electron chi connectivity index (χ0n) is 12.2. The molecule has 0 aromatic carbocycles. The normalized spacial score (nSPS) is 30.2. The average Bonchev–Trinajstić information content (AvgIpc) is 3.19. The average molecular weight is 288 g/mol. The van der Waals surface area contributed by atoms with Gasteiger partial charge in [-0.1, -0.05) is 26.2 Å². The summed E-state index contributed by atoms with van der Waals surface area (Å²) in [6.07, 6.45) is 7.34. The molecule has 2 aliphatic rings. The van der Waals surface area contributed by atoms with Crippen LogP contribution in [0.5, 0.6) is 0 Å². The lowest BCUT2D eigenvalue weighted by Gasteiger charge is -2.29. The number of hydrogen-bond acceptors (Lipinski definition) is 3. The maximum atomic E-state index is 12.2. The number of rotatable bonds is 7. The Morgan fingerprint density at radius 1 is 1.16 bits per heavy atom. The summed E-state index contributed by atoms with van der Waals surface area (Å²) >= 11 is 0. The Morgan fingerprint density at radius 2 is 1.84 bits per heavy atom. The highest BCUT2D eigenvalue weighted by Crippen LogP contribution is 2.29. The van der Waals surface area contributed by atoms with Crippen molar-refractivity contribution in [2.24, 2.45) is 11.8 Å². The molecule has 0 aromatic heterocycles. The van der Waals surface area contributed by atoms with Crippen LogP contribution in [0.3, 0.4) is 0 Å². The van der Waals surface area contributed by atoms with Gasteiger partial charge in [0, 0.05) is 19.1 Å². The molecule has 0 aliphatic heterocycles. The van der Waals surface area contributed by atoms with E-state index in [4.69, 9.17) is 0 Å². The van der Waals surface area contributed by atoms with Crippen molar-refractivity contribution >= 4 is 10.0 Å². The highest BCUT2D eigenvalue weighted by molar-refractivity contribution is 7.90. The molecule has 3 unspecified atom stereocenters. The lowest BCUT2D eigenvalue weighted by molar-refractivity contribution is 0.257. The van der Waals surface area contributed by atoms with Crippen LogP contribution in [0.2, 0.25) is 0 Å². The van der Waals surface area contributed by atoms with Crippen molar-refractivity contribution in [1.82, 2.24) is 10.0 Å². The van der Waals surface area contributed by atoms with Gasteiger partial charge in [-0.2, -0.15) is 0 Å². The fraction of sp³-hybridized carbons (Fsp3) is 1.00. The molecule has 0 spiro atoms. The van der Waals surface area contributed by atoms with Crippen LogP contribution in [0.1, 0.15) is 52.4 Å². The third kappa shape index (κ3) is 4.72. The summed E-state index contributed by atoms with van der Waals surface area (Å²) < 4.78 is 27.2. The largest absolute Gasteiger partial charge is 0.313 e. The summed E-state index contributed by atoms with van der Waals surface area (Å²) in [5.41, 5.74) is 0. The van der Waals surface area contributed by atoms with Crippen LogP contribution >= 0.6 is 0 Å². The van der Waals surface area contributed by atoms with Gasteiger partial charge in [-0.3, -0.25) is 0 Å². The molecule has 5 heteroatoms. The van der Waals surface area contributed by atoms with Crippen molar-refractivity contribution in [3.63, 3.8) is 0 Å². The molecule has 112 valence electrons. The Hall–Kier alpha value is -0.130. The first-order valence-corrected chi connectivity index (χ1v) is 9.25. The Balaban J connectivity index is 1.75. The van der Waals surface area contributed by atoms with E-state index in [1.807, 2.05) is 0 Å². The molecule has 0 saturated heterocycles. The zero-order chi connectivity index (χ0) is 13.9. The number of hydrogen-bond donors (Lipinski definition) is 2. The first-order valence-electron chi connectivity index (χ1n) is 7.71. The SMILES string of the molecule is CC1CCCCC1CNS(=O)(=O)C(C)CNC1CC1. The number of nitrogens with one attached hydrogen (secondary N) is 2. The Bertz CT molecular complexity index is 379. The summed E-state index contributed by atoms with van der Waals surface area (Å²) in [7, 11) is -3.16. The van der Waals surface area contributed by atoms with E-state index in [2.05, 4.69) is 17.0 Å². The van der Waals surface area contributed by atoms with E-state index in [0.29, 0.717) is 31.0 Å². The van der Waals surface area contributed by atoms with E-state index in [1.165, 1.54) is 38.5 Å². The van der Waals surface area contributed by atoms with E-state index >= 15 is 0 Å². The van der Waals surface area contributed by atoms with E-state index in [9.17, 15) is 8.42 Å². The lowest BCUT2D eigenvalue weighted by Crippen LogP contribution is -2.42. The molecule has 3 atom stereocenters. The van der Waals surface area contributed by atoms with Crippen molar-refractivity contribution in [3.8, 4) is 0 Å². The molecule has 0 amide bonds. The van der Waals surface area contributed by atoms with Gasteiger partial charge in [0.25, 0.3) is 0 Å². The van der Waals surface area contributed by atoms with Gasteiger partial charge in [0.2, 0.25) is 10.0 Å². The molecular formula is C14H28N2O2S. The second-order valence-corrected chi connectivity index (χ2v) is 8.59. The van der Waals surface area contributed by atoms with Crippen LogP contribution in [-0.2, 0) is 10.0 Å². The second kappa shape index (κ2) is 6.55. The predicted octanol–water partition coefficient (Wildman–Crippen LogP) is 1.87. The van der Waals surface area contributed by atoms with Gasteiger partial charge in [-0.05, 0) is 38.0 Å². The van der Waals surface area contributed by atoms with E-state index in [0.717, 1.165) is 0 Å². The van der Waals surface area contributed by atoms with Gasteiger partial charge in [0.05, 0.1) is 5.25 Å². The Morgan fingerprint density at radius 3 is 2.47 bits per heavy atom. The van der Waals surface area contributed by atoms with Crippen molar-refractivity contribution in [2.75, 3.05) is 13.1 Å². The van der Waals surface area contributed by atoms with E-state index in [-0.39, 0.29) is 5.25 Å². The van der Waals surface area contributed by atoms with Gasteiger partial charge >= 0.3 is 0 Å². The zero-order valence-corrected chi connectivity index (χ0v) is 13.0. The predicted molar refractivity (Wildman–Crippen MR) is 78.5 cm³/mol. The van der Waals surface area contributed by atoms with Crippen LogP contribution in [0, 0.1) is 11.8 Å². The smallest absolute Gasteiger partial charge is 0.215 e. The monoisotopic (exact) mass is 288 g/mol. The van der Waals surface area contributed by atoms with Crippen LogP contribution in [0.15, 0.2) is 0 Å².